The van der Waals surface area contributed by atoms with Gasteiger partial charge >= 0.3 is 0 Å². The van der Waals surface area contributed by atoms with Crippen LogP contribution in [0.3, 0.4) is 0 Å². The molecular formula is C5H8ClNS. The lowest BCUT2D eigenvalue weighted by atomic mass is 10.3. The van der Waals surface area contributed by atoms with Crippen molar-refractivity contribution in [2.75, 3.05) is 6.26 Å². The highest BCUT2D eigenvalue weighted by molar-refractivity contribution is 7.99. The van der Waals surface area contributed by atoms with Gasteiger partial charge in [0, 0.05) is 0 Å². The summed E-state index contributed by atoms with van der Waals surface area (Å²) in [6.45, 7) is 1.83. The van der Waals surface area contributed by atoms with Crippen molar-refractivity contribution in [3.05, 3.63) is 0 Å². The molecule has 0 unspecified atom stereocenters. The van der Waals surface area contributed by atoms with Crippen molar-refractivity contribution in [3.63, 3.8) is 0 Å². The number of alkyl halides is 1. The summed E-state index contributed by atoms with van der Waals surface area (Å²) in [7, 11) is 0. The Morgan fingerprint density at radius 2 is 2.25 bits per heavy atom. The molecule has 0 bridgehead atoms. The first kappa shape index (κ1) is 8.13. The zero-order chi connectivity index (χ0) is 6.57. The lowest BCUT2D eigenvalue weighted by Gasteiger charge is -2.04. The summed E-state index contributed by atoms with van der Waals surface area (Å²) in [5.74, 6) is 0. The Kier molecular flexibility index (Phi) is 4.12. The fourth-order valence-corrected chi connectivity index (χ4v) is 1.19. The molecular weight excluding hydrogens is 142 g/mol. The van der Waals surface area contributed by atoms with Crippen molar-refractivity contribution in [1.82, 2.24) is 0 Å². The molecule has 0 saturated carbocycles. The molecule has 0 aliphatic carbocycles. The van der Waals surface area contributed by atoms with E-state index in [0.29, 0.717) is 0 Å². The van der Waals surface area contributed by atoms with Gasteiger partial charge in [0.2, 0.25) is 0 Å². The van der Waals surface area contributed by atoms with Crippen LogP contribution >= 0.6 is 23.4 Å². The van der Waals surface area contributed by atoms with E-state index in [1.54, 1.807) is 0 Å². The molecule has 0 spiro atoms. The third kappa shape index (κ3) is 2.44. The molecule has 0 rings (SSSR count). The van der Waals surface area contributed by atoms with Gasteiger partial charge in [0.05, 0.1) is 11.4 Å². The van der Waals surface area contributed by atoms with Crippen molar-refractivity contribution in [2.45, 2.75) is 17.6 Å². The minimum atomic E-state index is -0.0586. The number of nitriles is 1. The first-order valence-corrected chi connectivity index (χ1v) is 4.01. The quantitative estimate of drug-likeness (QED) is 0.560. The van der Waals surface area contributed by atoms with Gasteiger partial charge in [-0.25, -0.2) is 0 Å². The molecule has 0 aliphatic heterocycles. The van der Waals surface area contributed by atoms with Crippen molar-refractivity contribution in [1.29, 1.82) is 5.26 Å². The molecule has 0 saturated heterocycles. The largest absolute Gasteiger partial charge is 0.197 e. The molecule has 0 heterocycles. The van der Waals surface area contributed by atoms with Crippen molar-refractivity contribution >= 4 is 23.4 Å². The Labute approximate surface area is 59.0 Å². The summed E-state index contributed by atoms with van der Waals surface area (Å²) >= 11 is 7.09. The molecule has 1 nitrogen and oxygen atoms in total. The van der Waals surface area contributed by atoms with Crippen LogP contribution in [0.1, 0.15) is 6.92 Å². The average molecular weight is 150 g/mol. The van der Waals surface area contributed by atoms with E-state index in [1.165, 1.54) is 11.8 Å². The molecule has 8 heavy (non-hydrogen) atoms. The fraction of sp³-hybridized carbons (Fsp3) is 0.800. The molecule has 46 valence electrons. The number of halogens is 1. The lowest BCUT2D eigenvalue weighted by molar-refractivity contribution is 0.998. The summed E-state index contributed by atoms with van der Waals surface area (Å²) in [4.78, 5) is 0. The van der Waals surface area contributed by atoms with Gasteiger partial charge in [0.15, 0.2) is 0 Å². The van der Waals surface area contributed by atoms with Crippen LogP contribution in [0.25, 0.3) is 0 Å². The zero-order valence-electron chi connectivity index (χ0n) is 4.89. The molecule has 0 fully saturated rings. The Balaban J connectivity index is 3.57. The van der Waals surface area contributed by atoms with Crippen LogP contribution in [0.5, 0.6) is 0 Å². The van der Waals surface area contributed by atoms with E-state index in [0.717, 1.165) is 0 Å². The van der Waals surface area contributed by atoms with E-state index < -0.39 is 0 Å². The maximum Gasteiger partial charge on any atom is 0.107 e. The first-order valence-electron chi connectivity index (χ1n) is 2.29. The number of thioether (sulfide) groups is 1. The molecule has 0 aromatic heterocycles. The molecule has 0 amide bonds. The van der Waals surface area contributed by atoms with E-state index in [1.807, 2.05) is 13.2 Å². The van der Waals surface area contributed by atoms with Crippen LogP contribution in [-0.2, 0) is 0 Å². The minimum absolute atomic E-state index is 0.0463. The Morgan fingerprint density at radius 3 is 2.25 bits per heavy atom. The van der Waals surface area contributed by atoms with Crippen LogP contribution in [-0.4, -0.2) is 16.9 Å². The third-order valence-electron chi connectivity index (χ3n) is 0.798. The van der Waals surface area contributed by atoms with Crippen molar-refractivity contribution in [3.8, 4) is 6.07 Å². The van der Waals surface area contributed by atoms with E-state index in [9.17, 15) is 0 Å². The van der Waals surface area contributed by atoms with Crippen molar-refractivity contribution in [2.24, 2.45) is 0 Å². The molecule has 0 aromatic carbocycles. The van der Waals surface area contributed by atoms with Crippen LogP contribution < -0.4 is 0 Å². The second-order valence-corrected chi connectivity index (χ2v) is 3.13. The number of hydrogen-bond acceptors (Lipinski definition) is 2. The van der Waals surface area contributed by atoms with Crippen molar-refractivity contribution < 1.29 is 0 Å². The minimum Gasteiger partial charge on any atom is -0.197 e. The Morgan fingerprint density at radius 1 is 1.75 bits per heavy atom. The summed E-state index contributed by atoms with van der Waals surface area (Å²) in [5, 5.41) is 8.24. The number of hydrogen-bond donors (Lipinski definition) is 0. The second kappa shape index (κ2) is 4.05. The van der Waals surface area contributed by atoms with Crippen LogP contribution in [0.2, 0.25) is 0 Å². The fourth-order valence-electron chi connectivity index (χ4n) is 0.343. The summed E-state index contributed by atoms with van der Waals surface area (Å²) in [6.07, 6.45) is 1.88. The molecule has 0 N–H and O–H groups in total. The summed E-state index contributed by atoms with van der Waals surface area (Å²) < 4.78 is 0. The molecule has 0 radical (unpaired) electrons. The van der Waals surface area contributed by atoms with E-state index in [-0.39, 0.29) is 10.6 Å². The van der Waals surface area contributed by atoms with Crippen LogP contribution in [0, 0.1) is 11.3 Å². The van der Waals surface area contributed by atoms with Crippen LogP contribution in [0.4, 0.5) is 0 Å². The van der Waals surface area contributed by atoms with Gasteiger partial charge < -0.3 is 0 Å². The number of rotatable bonds is 2. The molecule has 0 aliphatic rings. The molecule has 3 heteroatoms. The van der Waals surface area contributed by atoms with Gasteiger partial charge in [-0.1, -0.05) is 0 Å². The van der Waals surface area contributed by atoms with Crippen LogP contribution in [0.15, 0.2) is 0 Å². The van der Waals surface area contributed by atoms with E-state index in [4.69, 9.17) is 16.9 Å². The predicted molar refractivity (Wildman–Crippen MR) is 38.2 cm³/mol. The summed E-state index contributed by atoms with van der Waals surface area (Å²) in [6, 6.07) is 2.08. The highest BCUT2D eigenvalue weighted by Gasteiger charge is 2.10. The predicted octanol–water partition coefficient (Wildman–Crippen LogP) is 1.87. The first-order chi connectivity index (χ1) is 3.72. The smallest absolute Gasteiger partial charge is 0.107 e. The highest BCUT2D eigenvalue weighted by atomic mass is 35.5. The van der Waals surface area contributed by atoms with E-state index >= 15 is 0 Å². The standard InChI is InChI=1S/C5H8ClNS/c1-4(6)5(3-7)8-2/h4-5H,1-2H3/t4-,5-/m0/s1. The summed E-state index contributed by atoms with van der Waals surface area (Å²) in [5.41, 5.74) is 0. The number of nitrogens with zero attached hydrogens (tertiary/aromatic N) is 1. The second-order valence-electron chi connectivity index (χ2n) is 1.46. The van der Waals surface area contributed by atoms with Gasteiger partial charge in [-0.05, 0) is 13.2 Å². The Bertz CT molecular complexity index is 97.1. The normalized spacial score (nSPS) is 16.8. The van der Waals surface area contributed by atoms with E-state index in [2.05, 4.69) is 6.07 Å². The molecule has 0 aromatic rings. The maximum absolute atomic E-state index is 8.34. The topological polar surface area (TPSA) is 23.8 Å². The van der Waals surface area contributed by atoms with Gasteiger partial charge in [-0.3, -0.25) is 0 Å². The van der Waals surface area contributed by atoms with Gasteiger partial charge in [0.25, 0.3) is 0 Å². The zero-order valence-corrected chi connectivity index (χ0v) is 6.46. The molecule has 2 atom stereocenters. The maximum atomic E-state index is 8.34. The third-order valence-corrected chi connectivity index (χ3v) is 2.22. The highest BCUT2D eigenvalue weighted by Crippen LogP contribution is 2.13. The SMILES string of the molecule is CS[C@@H](C#N)[C@H](C)Cl. The monoisotopic (exact) mass is 149 g/mol. The lowest BCUT2D eigenvalue weighted by Crippen LogP contribution is -2.09. The van der Waals surface area contributed by atoms with Gasteiger partial charge in [0.1, 0.15) is 5.25 Å². The van der Waals surface area contributed by atoms with Gasteiger partial charge in [-0.2, -0.15) is 5.26 Å². The Hall–Kier alpha value is 0.130. The average Bonchev–Trinajstić information content (AvgIpc) is 1.69. The van der Waals surface area contributed by atoms with Gasteiger partial charge in [-0.15, -0.1) is 23.4 Å².